The van der Waals surface area contributed by atoms with Crippen LogP contribution < -0.4 is 0 Å². The second kappa shape index (κ2) is 3.96. The lowest BCUT2D eigenvalue weighted by Crippen LogP contribution is -2.09. The van der Waals surface area contributed by atoms with Gasteiger partial charge in [-0.25, -0.2) is 0 Å². The smallest absolute Gasteiger partial charge is 0.250 e. The molecule has 0 aromatic carbocycles. The van der Waals surface area contributed by atoms with Gasteiger partial charge in [-0.05, 0) is 27.6 Å². The van der Waals surface area contributed by atoms with Gasteiger partial charge in [-0.1, -0.05) is 15.9 Å². The Balaban J connectivity index is 3.13. The van der Waals surface area contributed by atoms with Crippen molar-refractivity contribution >= 4 is 31.9 Å². The van der Waals surface area contributed by atoms with E-state index in [1.807, 2.05) is 0 Å². The summed E-state index contributed by atoms with van der Waals surface area (Å²) in [5.41, 5.74) is -0.197. The molecule has 1 aromatic heterocycles. The first-order valence-corrected chi connectivity index (χ1v) is 5.14. The van der Waals surface area contributed by atoms with Crippen molar-refractivity contribution in [1.29, 1.82) is 0 Å². The van der Waals surface area contributed by atoms with Crippen LogP contribution in [0.15, 0.2) is 16.7 Å². The van der Waals surface area contributed by atoms with Crippen LogP contribution >= 0.6 is 31.9 Å². The van der Waals surface area contributed by atoms with Crippen LogP contribution in [0, 0.1) is 0 Å². The second-order valence-corrected chi connectivity index (χ2v) is 3.72. The predicted molar refractivity (Wildman–Crippen MR) is 49.6 cm³/mol. The predicted octanol–water partition coefficient (Wildman–Crippen LogP) is 3.76. The van der Waals surface area contributed by atoms with Gasteiger partial charge in [0.2, 0.25) is 0 Å². The molecule has 0 saturated carbocycles. The lowest BCUT2D eigenvalue weighted by molar-refractivity contribution is -0.141. The summed E-state index contributed by atoms with van der Waals surface area (Å²) in [6.07, 6.45) is -3.20. The zero-order valence-electron chi connectivity index (χ0n) is 6.20. The number of nitrogens with zero attached hydrogens (tertiary/aromatic N) is 1. The number of aromatic nitrogens is 1. The van der Waals surface area contributed by atoms with E-state index < -0.39 is 11.9 Å². The van der Waals surface area contributed by atoms with Crippen molar-refractivity contribution in [2.24, 2.45) is 0 Å². The highest BCUT2D eigenvalue weighted by molar-refractivity contribution is 9.10. The molecule has 0 aliphatic carbocycles. The molecule has 0 unspecified atom stereocenters. The average molecular weight is 319 g/mol. The van der Waals surface area contributed by atoms with Gasteiger partial charge >= 0.3 is 6.18 Å². The van der Waals surface area contributed by atoms with E-state index in [9.17, 15) is 13.2 Å². The fraction of sp³-hybridized carbons (Fsp3) is 0.286. The molecule has 0 aliphatic rings. The Kier molecular flexibility index (Phi) is 3.34. The first-order valence-electron chi connectivity index (χ1n) is 3.22. The topological polar surface area (TPSA) is 12.9 Å². The minimum Gasteiger partial charge on any atom is -0.250 e. The zero-order valence-corrected chi connectivity index (χ0v) is 9.37. The number of alkyl halides is 4. The maximum absolute atomic E-state index is 12.2. The van der Waals surface area contributed by atoms with E-state index in [-0.39, 0.29) is 4.47 Å². The third kappa shape index (κ3) is 2.67. The fourth-order valence-corrected chi connectivity index (χ4v) is 1.69. The molecule has 6 heteroatoms. The van der Waals surface area contributed by atoms with E-state index in [0.717, 1.165) is 0 Å². The lowest BCUT2D eigenvalue weighted by atomic mass is 10.3. The summed E-state index contributed by atoms with van der Waals surface area (Å²) in [5.74, 6) is 0. The first-order chi connectivity index (χ1) is 5.95. The summed E-state index contributed by atoms with van der Waals surface area (Å²) in [6, 6.07) is 1.39. The Morgan fingerprint density at radius 2 is 2.00 bits per heavy atom. The Bertz CT molecular complexity index is 311. The Hall–Kier alpha value is -0.100. The van der Waals surface area contributed by atoms with Crippen LogP contribution in [0.3, 0.4) is 0 Å². The van der Waals surface area contributed by atoms with Crippen LogP contribution in [-0.2, 0) is 11.5 Å². The Morgan fingerprint density at radius 1 is 1.38 bits per heavy atom. The number of pyridine rings is 1. The highest BCUT2D eigenvalue weighted by atomic mass is 79.9. The average Bonchev–Trinajstić information content (AvgIpc) is 2.01. The minimum absolute atomic E-state index is 0.0306. The van der Waals surface area contributed by atoms with E-state index in [1.165, 1.54) is 12.3 Å². The highest BCUT2D eigenvalue weighted by Gasteiger charge is 2.34. The summed E-state index contributed by atoms with van der Waals surface area (Å²) < 4.78 is 36.5. The van der Waals surface area contributed by atoms with Crippen molar-refractivity contribution in [3.05, 3.63) is 28.0 Å². The molecule has 0 saturated heterocycles. The largest absolute Gasteiger partial charge is 0.434 e. The standard InChI is InChI=1S/C7H4Br2F3N/c8-2-4-1-5(9)6(13-3-4)7(10,11)12/h1,3H,2H2. The van der Waals surface area contributed by atoms with Gasteiger partial charge in [-0.2, -0.15) is 13.2 Å². The van der Waals surface area contributed by atoms with Crippen molar-refractivity contribution in [2.45, 2.75) is 11.5 Å². The van der Waals surface area contributed by atoms with Crippen LogP contribution in [0.2, 0.25) is 0 Å². The van der Waals surface area contributed by atoms with Gasteiger partial charge in [0.1, 0.15) is 0 Å². The van der Waals surface area contributed by atoms with Crippen LogP contribution in [0.1, 0.15) is 11.3 Å². The normalized spacial score (nSPS) is 11.8. The highest BCUT2D eigenvalue weighted by Crippen LogP contribution is 2.33. The number of rotatable bonds is 1. The number of halogens is 5. The van der Waals surface area contributed by atoms with Crippen molar-refractivity contribution in [1.82, 2.24) is 4.98 Å². The molecule has 72 valence electrons. The van der Waals surface area contributed by atoms with Gasteiger partial charge in [0.05, 0.1) is 0 Å². The van der Waals surface area contributed by atoms with Gasteiger partial charge in [0, 0.05) is 16.0 Å². The van der Waals surface area contributed by atoms with Gasteiger partial charge < -0.3 is 0 Å². The molecular formula is C7H4Br2F3N. The lowest BCUT2D eigenvalue weighted by Gasteiger charge is -2.07. The number of hydrogen-bond donors (Lipinski definition) is 0. The van der Waals surface area contributed by atoms with Gasteiger partial charge in [0.25, 0.3) is 0 Å². The van der Waals surface area contributed by atoms with Crippen LogP contribution in [-0.4, -0.2) is 4.98 Å². The monoisotopic (exact) mass is 317 g/mol. The molecule has 0 N–H and O–H groups in total. The van der Waals surface area contributed by atoms with E-state index in [1.54, 1.807) is 0 Å². The van der Waals surface area contributed by atoms with Gasteiger partial charge in [-0.15, -0.1) is 0 Å². The quantitative estimate of drug-likeness (QED) is 0.719. The van der Waals surface area contributed by atoms with Crippen molar-refractivity contribution in [3.63, 3.8) is 0 Å². The van der Waals surface area contributed by atoms with Gasteiger partial charge in [0.15, 0.2) is 5.69 Å². The molecule has 0 bridgehead atoms. The summed E-state index contributed by atoms with van der Waals surface area (Å²) >= 11 is 5.94. The SMILES string of the molecule is FC(F)(F)c1ncc(CBr)cc1Br. The zero-order chi connectivity index (χ0) is 10.1. The number of hydrogen-bond acceptors (Lipinski definition) is 1. The summed E-state index contributed by atoms with van der Waals surface area (Å²) in [4.78, 5) is 3.32. The minimum atomic E-state index is -4.40. The molecule has 1 heterocycles. The van der Waals surface area contributed by atoms with Gasteiger partial charge in [-0.3, -0.25) is 4.98 Å². The molecule has 1 rings (SSSR count). The van der Waals surface area contributed by atoms with E-state index in [0.29, 0.717) is 10.9 Å². The van der Waals surface area contributed by atoms with Crippen molar-refractivity contribution < 1.29 is 13.2 Å². The molecule has 1 nitrogen and oxygen atoms in total. The molecule has 0 aliphatic heterocycles. The maximum atomic E-state index is 12.2. The van der Waals surface area contributed by atoms with E-state index in [4.69, 9.17) is 0 Å². The third-order valence-electron chi connectivity index (χ3n) is 1.32. The third-order valence-corrected chi connectivity index (χ3v) is 2.57. The molecule has 13 heavy (non-hydrogen) atoms. The molecule has 0 spiro atoms. The fourth-order valence-electron chi connectivity index (χ4n) is 0.759. The van der Waals surface area contributed by atoms with Crippen molar-refractivity contribution in [2.75, 3.05) is 0 Å². The second-order valence-electron chi connectivity index (χ2n) is 2.31. The Labute approximate surface area is 89.6 Å². The summed E-state index contributed by atoms with van der Waals surface area (Å²) in [6.45, 7) is 0. The molecule has 0 amide bonds. The van der Waals surface area contributed by atoms with Crippen LogP contribution in [0.5, 0.6) is 0 Å². The molecule has 0 radical (unpaired) electrons. The molecule has 0 fully saturated rings. The van der Waals surface area contributed by atoms with Crippen molar-refractivity contribution in [3.8, 4) is 0 Å². The van der Waals surface area contributed by atoms with Crippen LogP contribution in [0.4, 0.5) is 13.2 Å². The molecular weight excluding hydrogens is 315 g/mol. The molecule has 0 atom stereocenters. The maximum Gasteiger partial charge on any atom is 0.434 e. The van der Waals surface area contributed by atoms with Crippen LogP contribution in [0.25, 0.3) is 0 Å². The van der Waals surface area contributed by atoms with E-state index >= 15 is 0 Å². The summed E-state index contributed by atoms with van der Waals surface area (Å²) in [5, 5.41) is 0.483. The van der Waals surface area contributed by atoms with E-state index in [2.05, 4.69) is 36.8 Å². The first kappa shape index (κ1) is 11.0. The Morgan fingerprint density at radius 3 is 2.38 bits per heavy atom. The summed E-state index contributed by atoms with van der Waals surface area (Å²) in [7, 11) is 0. The molecule has 1 aromatic rings.